The molecule has 0 aliphatic carbocycles. The summed E-state index contributed by atoms with van der Waals surface area (Å²) in [6.45, 7) is 6.72. The van der Waals surface area contributed by atoms with Crippen LogP contribution in [-0.4, -0.2) is 76.0 Å². The molecule has 0 amide bonds. The third-order valence-electron chi connectivity index (χ3n) is 3.87. The van der Waals surface area contributed by atoms with Gasteiger partial charge in [0.1, 0.15) is 18.8 Å². The van der Waals surface area contributed by atoms with E-state index in [0.29, 0.717) is 0 Å². The zero-order valence-electron chi connectivity index (χ0n) is 17.5. The molecule has 30 heavy (non-hydrogen) atoms. The van der Waals surface area contributed by atoms with E-state index < -0.39 is 56.3 Å². The molecule has 0 aromatic carbocycles. The maximum Gasteiger partial charge on any atom is 0.405 e. The summed E-state index contributed by atoms with van der Waals surface area (Å²) in [6, 6.07) is -1.16. The molecule has 0 aromatic heterocycles. The van der Waals surface area contributed by atoms with E-state index in [0.717, 1.165) is 28.1 Å². The van der Waals surface area contributed by atoms with E-state index in [1.165, 1.54) is 13.0 Å². The fourth-order valence-corrected chi connectivity index (χ4v) is 3.70. The number of hydrogen-bond acceptors (Lipinski definition) is 11. The number of esters is 3. The van der Waals surface area contributed by atoms with Crippen LogP contribution in [-0.2, 0) is 51.7 Å². The molecule has 1 heterocycles. The van der Waals surface area contributed by atoms with Gasteiger partial charge in [0.15, 0.2) is 18.5 Å². The first-order valence-electron chi connectivity index (χ1n) is 8.92. The summed E-state index contributed by atoms with van der Waals surface area (Å²) < 4.78 is 49.5. The Morgan fingerprint density at radius 3 is 2.07 bits per heavy atom. The molecular weight excluding hydrogens is 425 g/mol. The molecule has 5 atom stereocenters. The molecule has 172 valence electrons. The molecule has 0 spiro atoms. The van der Waals surface area contributed by atoms with Gasteiger partial charge in [0, 0.05) is 35.0 Å². The topological polar surface area (TPSA) is 145 Å². The third kappa shape index (κ3) is 7.78. The minimum Gasteiger partial charge on any atom is -0.463 e. The Bertz CT molecular complexity index is 662. The molecule has 0 radical (unpaired) electrons. The van der Waals surface area contributed by atoms with Gasteiger partial charge in [-0.15, -0.1) is 6.58 Å². The van der Waals surface area contributed by atoms with Gasteiger partial charge in [-0.05, 0) is 0 Å². The second kappa shape index (κ2) is 12.1. The summed E-state index contributed by atoms with van der Waals surface area (Å²) in [6.07, 6.45) is -3.30. The fraction of sp³-hybridized carbons (Fsp3) is 0.706. The highest BCUT2D eigenvalue weighted by Crippen LogP contribution is 2.44. The van der Waals surface area contributed by atoms with E-state index in [9.17, 15) is 18.9 Å². The van der Waals surface area contributed by atoms with E-state index >= 15 is 0 Å². The Morgan fingerprint density at radius 2 is 1.60 bits per heavy atom. The Morgan fingerprint density at radius 1 is 1.03 bits per heavy atom. The van der Waals surface area contributed by atoms with E-state index in [4.69, 9.17) is 32.7 Å². The Labute approximate surface area is 174 Å². The lowest BCUT2D eigenvalue weighted by molar-refractivity contribution is -0.274. The number of carbonyl (C=O) groups excluding carboxylic acids is 3. The second-order valence-electron chi connectivity index (χ2n) is 6.13. The molecule has 0 unspecified atom stereocenters. The van der Waals surface area contributed by atoms with Crippen LogP contribution in [0, 0.1) is 0 Å². The SMILES string of the molecule is C=CCO[C@@H]1O[C@H](COC(C)=O)[C@@H](OC(C)=O)[C@H](OC(C)=O)[C@H]1NP(=O)(OC)OC. The molecule has 13 heteroatoms. The van der Waals surface area contributed by atoms with Crippen LogP contribution < -0.4 is 5.09 Å². The van der Waals surface area contributed by atoms with Gasteiger partial charge in [0.05, 0.1) is 6.61 Å². The average molecular weight is 453 g/mol. The second-order valence-corrected chi connectivity index (χ2v) is 8.12. The zero-order valence-corrected chi connectivity index (χ0v) is 18.4. The average Bonchev–Trinajstić information content (AvgIpc) is 2.67. The van der Waals surface area contributed by atoms with E-state index in [-0.39, 0.29) is 13.2 Å². The van der Waals surface area contributed by atoms with Crippen molar-refractivity contribution in [3.05, 3.63) is 12.7 Å². The largest absolute Gasteiger partial charge is 0.463 e. The Hall–Kier alpha value is -1.82. The number of carbonyl (C=O) groups is 3. The molecule has 1 saturated heterocycles. The monoisotopic (exact) mass is 453 g/mol. The van der Waals surface area contributed by atoms with Gasteiger partial charge in [0.2, 0.25) is 0 Å². The molecule has 12 nitrogen and oxygen atoms in total. The van der Waals surface area contributed by atoms with Gasteiger partial charge in [-0.2, -0.15) is 0 Å². The lowest BCUT2D eigenvalue weighted by Gasteiger charge is -2.45. The fourth-order valence-electron chi connectivity index (χ4n) is 2.71. The molecule has 0 bridgehead atoms. The summed E-state index contributed by atoms with van der Waals surface area (Å²) in [5.74, 6) is -2.03. The first-order valence-corrected chi connectivity index (χ1v) is 10.5. The standard InChI is InChI=1S/C17H28NO11P/c1-7-8-25-17-14(18-30(22,23-5)24-6)16(28-12(4)21)15(27-11(3)20)13(29-17)9-26-10(2)19/h7,13-17H,1,8-9H2,2-6H3,(H,18,22)/t13-,14-,15-,16-,17-/m1/s1. The minimum atomic E-state index is -3.86. The van der Waals surface area contributed by atoms with E-state index in [2.05, 4.69) is 11.7 Å². The third-order valence-corrected chi connectivity index (χ3v) is 5.44. The lowest BCUT2D eigenvalue weighted by atomic mass is 9.97. The maximum absolute atomic E-state index is 12.7. The summed E-state index contributed by atoms with van der Waals surface area (Å²) in [5.41, 5.74) is 0. The molecule has 0 saturated carbocycles. The number of rotatable bonds is 11. The van der Waals surface area contributed by atoms with Gasteiger partial charge < -0.3 is 32.7 Å². The number of hydrogen-bond donors (Lipinski definition) is 1. The van der Waals surface area contributed by atoms with Crippen molar-refractivity contribution in [3.63, 3.8) is 0 Å². The molecule has 1 fully saturated rings. The van der Waals surface area contributed by atoms with Gasteiger partial charge in [0.25, 0.3) is 0 Å². The van der Waals surface area contributed by atoms with Crippen LogP contribution in [0.15, 0.2) is 12.7 Å². The van der Waals surface area contributed by atoms with Gasteiger partial charge >= 0.3 is 25.7 Å². The van der Waals surface area contributed by atoms with Crippen LogP contribution in [0.5, 0.6) is 0 Å². The van der Waals surface area contributed by atoms with Crippen molar-refractivity contribution in [2.45, 2.75) is 51.4 Å². The highest BCUT2D eigenvalue weighted by Gasteiger charge is 2.52. The summed E-state index contributed by atoms with van der Waals surface area (Å²) >= 11 is 0. The number of nitrogens with one attached hydrogen (secondary N) is 1. The summed E-state index contributed by atoms with van der Waals surface area (Å²) in [5, 5.41) is 2.59. The van der Waals surface area contributed by atoms with Crippen LogP contribution in [0.4, 0.5) is 0 Å². The first kappa shape index (κ1) is 26.2. The molecule has 0 aromatic rings. The van der Waals surface area contributed by atoms with Crippen LogP contribution in [0.2, 0.25) is 0 Å². The maximum atomic E-state index is 12.7. The van der Waals surface area contributed by atoms with Crippen molar-refractivity contribution >= 4 is 25.7 Å². The highest BCUT2D eigenvalue weighted by molar-refractivity contribution is 7.51. The molecular formula is C17H28NO11P. The van der Waals surface area contributed by atoms with E-state index in [1.54, 1.807) is 0 Å². The normalized spacial score (nSPS) is 26.5. The van der Waals surface area contributed by atoms with Crippen molar-refractivity contribution in [1.29, 1.82) is 0 Å². The zero-order chi connectivity index (χ0) is 22.9. The Kier molecular flexibility index (Phi) is 10.6. The lowest BCUT2D eigenvalue weighted by Crippen LogP contribution is -2.65. The predicted molar refractivity (Wildman–Crippen MR) is 101 cm³/mol. The summed E-state index contributed by atoms with van der Waals surface area (Å²) in [7, 11) is -1.57. The van der Waals surface area contributed by atoms with Crippen LogP contribution in [0.3, 0.4) is 0 Å². The van der Waals surface area contributed by atoms with Gasteiger partial charge in [-0.25, -0.2) is 9.65 Å². The molecule has 1 N–H and O–H groups in total. The molecule has 1 rings (SSSR count). The van der Waals surface area contributed by atoms with Gasteiger partial charge in [-0.3, -0.25) is 14.4 Å². The quantitative estimate of drug-likeness (QED) is 0.203. The molecule has 1 aliphatic rings. The minimum absolute atomic E-state index is 0.0123. The van der Waals surface area contributed by atoms with Crippen LogP contribution >= 0.6 is 7.75 Å². The summed E-state index contributed by atoms with van der Waals surface area (Å²) in [4.78, 5) is 34.7. The number of ether oxygens (including phenoxy) is 5. The Balaban J connectivity index is 3.38. The van der Waals surface area contributed by atoms with Crippen molar-refractivity contribution < 1.29 is 51.7 Å². The van der Waals surface area contributed by atoms with Crippen LogP contribution in [0.1, 0.15) is 20.8 Å². The highest BCUT2D eigenvalue weighted by atomic mass is 31.2. The van der Waals surface area contributed by atoms with Gasteiger partial charge in [-0.1, -0.05) is 6.08 Å². The van der Waals surface area contributed by atoms with Crippen molar-refractivity contribution in [1.82, 2.24) is 5.09 Å². The molecule has 1 aliphatic heterocycles. The first-order chi connectivity index (χ1) is 14.1. The van der Waals surface area contributed by atoms with Crippen molar-refractivity contribution in [2.75, 3.05) is 27.4 Å². The predicted octanol–water partition coefficient (Wildman–Crippen LogP) is 0.700. The van der Waals surface area contributed by atoms with Crippen molar-refractivity contribution in [2.24, 2.45) is 0 Å². The van der Waals surface area contributed by atoms with Crippen LogP contribution in [0.25, 0.3) is 0 Å². The van der Waals surface area contributed by atoms with Crippen molar-refractivity contribution in [3.8, 4) is 0 Å². The smallest absolute Gasteiger partial charge is 0.405 e. The van der Waals surface area contributed by atoms with E-state index in [1.807, 2.05) is 0 Å².